The van der Waals surface area contributed by atoms with E-state index < -0.39 is 34.4 Å². The standard InChI is InChI=1S/C20H22N2O6S/c1-13-6-4-9-17(14(13)2)21-20(25)22-18(23)11-28-19(24)16-8-5-7-15(10-16)12-29(3,26)27/h4-10H,11-12H2,1-3H3,(H2,21,22,23,25). The average Bonchev–Trinajstić information content (AvgIpc) is 2.62. The molecule has 29 heavy (non-hydrogen) atoms. The third kappa shape index (κ3) is 7.04. The number of benzene rings is 2. The molecule has 0 saturated carbocycles. The van der Waals surface area contributed by atoms with Crippen molar-refractivity contribution in [3.63, 3.8) is 0 Å². The van der Waals surface area contributed by atoms with Crippen LogP contribution in [0.5, 0.6) is 0 Å². The highest BCUT2D eigenvalue weighted by Crippen LogP contribution is 2.17. The molecule has 2 N–H and O–H groups in total. The summed E-state index contributed by atoms with van der Waals surface area (Å²) in [6.07, 6.45) is 1.09. The smallest absolute Gasteiger partial charge is 0.338 e. The fraction of sp³-hybridized carbons (Fsp3) is 0.250. The van der Waals surface area contributed by atoms with Crippen LogP contribution in [0, 0.1) is 13.8 Å². The SMILES string of the molecule is Cc1cccc(NC(=O)NC(=O)COC(=O)c2cccc(CS(C)(=O)=O)c2)c1C. The zero-order chi connectivity index (χ0) is 21.6. The lowest BCUT2D eigenvalue weighted by molar-refractivity contribution is -0.123. The van der Waals surface area contributed by atoms with Gasteiger partial charge in [0, 0.05) is 11.9 Å². The van der Waals surface area contributed by atoms with E-state index in [9.17, 15) is 22.8 Å². The molecule has 2 aromatic carbocycles. The maximum atomic E-state index is 12.1. The molecule has 0 aliphatic heterocycles. The van der Waals surface area contributed by atoms with Gasteiger partial charge in [0.2, 0.25) is 0 Å². The third-order valence-corrected chi connectivity index (χ3v) is 4.89. The number of hydrogen-bond acceptors (Lipinski definition) is 6. The molecule has 0 aliphatic carbocycles. The number of esters is 1. The van der Waals surface area contributed by atoms with E-state index in [1.807, 2.05) is 19.9 Å². The summed E-state index contributed by atoms with van der Waals surface area (Å²) in [6.45, 7) is 3.08. The number of ether oxygens (including phenoxy) is 1. The molecule has 0 spiro atoms. The van der Waals surface area contributed by atoms with Gasteiger partial charge in [0.25, 0.3) is 5.91 Å². The number of hydrogen-bond donors (Lipinski definition) is 2. The number of rotatable bonds is 6. The van der Waals surface area contributed by atoms with E-state index in [1.54, 1.807) is 18.2 Å². The van der Waals surface area contributed by atoms with Crippen LogP contribution in [0.4, 0.5) is 10.5 Å². The fourth-order valence-electron chi connectivity index (χ4n) is 2.51. The Hall–Kier alpha value is -3.20. The number of amides is 3. The van der Waals surface area contributed by atoms with Crippen LogP contribution in [0.3, 0.4) is 0 Å². The average molecular weight is 418 g/mol. The second kappa shape index (κ2) is 9.33. The Morgan fingerprint density at radius 1 is 1.03 bits per heavy atom. The van der Waals surface area contributed by atoms with E-state index in [0.29, 0.717) is 11.3 Å². The largest absolute Gasteiger partial charge is 0.452 e. The van der Waals surface area contributed by atoms with Crippen molar-refractivity contribution in [2.24, 2.45) is 0 Å². The van der Waals surface area contributed by atoms with Crippen molar-refractivity contribution in [1.29, 1.82) is 0 Å². The quantitative estimate of drug-likeness (QED) is 0.695. The Balaban J connectivity index is 1.88. The molecule has 2 rings (SSSR count). The van der Waals surface area contributed by atoms with Crippen LogP contribution in [0.1, 0.15) is 27.0 Å². The van der Waals surface area contributed by atoms with Gasteiger partial charge < -0.3 is 10.1 Å². The second-order valence-electron chi connectivity index (χ2n) is 6.60. The van der Waals surface area contributed by atoms with Gasteiger partial charge in [-0.3, -0.25) is 10.1 Å². The number of imide groups is 1. The van der Waals surface area contributed by atoms with Crippen molar-refractivity contribution in [1.82, 2.24) is 5.32 Å². The zero-order valence-electron chi connectivity index (χ0n) is 16.3. The maximum absolute atomic E-state index is 12.1. The van der Waals surface area contributed by atoms with Gasteiger partial charge in [-0.25, -0.2) is 18.0 Å². The Morgan fingerprint density at radius 2 is 1.72 bits per heavy atom. The van der Waals surface area contributed by atoms with Crippen molar-refractivity contribution in [3.05, 3.63) is 64.7 Å². The van der Waals surface area contributed by atoms with Gasteiger partial charge in [-0.2, -0.15) is 0 Å². The van der Waals surface area contributed by atoms with Crippen LogP contribution in [-0.2, 0) is 25.1 Å². The molecular formula is C20H22N2O6S. The lowest BCUT2D eigenvalue weighted by Crippen LogP contribution is -2.37. The summed E-state index contributed by atoms with van der Waals surface area (Å²) in [5.41, 5.74) is 2.96. The zero-order valence-corrected chi connectivity index (χ0v) is 17.1. The van der Waals surface area contributed by atoms with Crippen LogP contribution in [0.15, 0.2) is 42.5 Å². The highest BCUT2D eigenvalue weighted by molar-refractivity contribution is 7.89. The molecule has 0 unspecified atom stereocenters. The molecular weight excluding hydrogens is 396 g/mol. The van der Waals surface area contributed by atoms with Crippen LogP contribution in [0.2, 0.25) is 0 Å². The number of sulfone groups is 1. The van der Waals surface area contributed by atoms with Gasteiger partial charge in [0.1, 0.15) is 0 Å². The maximum Gasteiger partial charge on any atom is 0.338 e. The molecule has 0 atom stereocenters. The fourth-order valence-corrected chi connectivity index (χ4v) is 3.29. The van der Waals surface area contributed by atoms with E-state index in [0.717, 1.165) is 17.4 Å². The summed E-state index contributed by atoms with van der Waals surface area (Å²) < 4.78 is 27.6. The Kier molecular flexibility index (Phi) is 7.11. The molecule has 0 radical (unpaired) electrons. The number of anilines is 1. The van der Waals surface area contributed by atoms with Crippen molar-refractivity contribution >= 4 is 33.4 Å². The van der Waals surface area contributed by atoms with Gasteiger partial charge in [0.05, 0.1) is 11.3 Å². The van der Waals surface area contributed by atoms with Crippen molar-refractivity contribution < 1.29 is 27.5 Å². The van der Waals surface area contributed by atoms with Gasteiger partial charge in [0.15, 0.2) is 16.4 Å². The van der Waals surface area contributed by atoms with E-state index in [-0.39, 0.29) is 11.3 Å². The summed E-state index contributed by atoms with van der Waals surface area (Å²) in [5, 5.41) is 4.64. The minimum absolute atomic E-state index is 0.110. The van der Waals surface area contributed by atoms with Crippen LogP contribution in [0.25, 0.3) is 0 Å². The molecule has 0 aliphatic rings. The lowest BCUT2D eigenvalue weighted by atomic mass is 10.1. The predicted octanol–water partition coefficient (Wildman–Crippen LogP) is 2.35. The first-order valence-corrected chi connectivity index (χ1v) is 10.7. The van der Waals surface area contributed by atoms with Crippen LogP contribution in [-0.4, -0.2) is 39.2 Å². The predicted molar refractivity (Wildman–Crippen MR) is 108 cm³/mol. The molecule has 154 valence electrons. The van der Waals surface area contributed by atoms with E-state index in [1.165, 1.54) is 18.2 Å². The highest BCUT2D eigenvalue weighted by Gasteiger charge is 2.14. The number of carbonyl (C=O) groups excluding carboxylic acids is 3. The first-order chi connectivity index (χ1) is 13.5. The Morgan fingerprint density at radius 3 is 2.41 bits per heavy atom. The number of aryl methyl sites for hydroxylation is 1. The highest BCUT2D eigenvalue weighted by atomic mass is 32.2. The molecule has 0 aromatic heterocycles. The third-order valence-electron chi connectivity index (χ3n) is 4.03. The number of nitrogens with one attached hydrogen (secondary N) is 2. The molecule has 0 fully saturated rings. The van der Waals surface area contributed by atoms with Gasteiger partial charge in [-0.15, -0.1) is 0 Å². The summed E-state index contributed by atoms with van der Waals surface area (Å²) in [4.78, 5) is 35.9. The molecule has 8 nitrogen and oxygen atoms in total. The molecule has 0 bridgehead atoms. The minimum Gasteiger partial charge on any atom is -0.452 e. The summed E-state index contributed by atoms with van der Waals surface area (Å²) in [5.74, 6) is -1.81. The minimum atomic E-state index is -3.25. The van der Waals surface area contributed by atoms with E-state index >= 15 is 0 Å². The number of urea groups is 1. The van der Waals surface area contributed by atoms with Gasteiger partial charge in [-0.05, 0) is 48.7 Å². The van der Waals surface area contributed by atoms with Gasteiger partial charge in [-0.1, -0.05) is 24.3 Å². The van der Waals surface area contributed by atoms with Crippen molar-refractivity contribution in [3.8, 4) is 0 Å². The molecule has 2 aromatic rings. The molecule has 0 saturated heterocycles. The van der Waals surface area contributed by atoms with Crippen molar-refractivity contribution in [2.75, 3.05) is 18.2 Å². The first kappa shape index (κ1) is 22.1. The van der Waals surface area contributed by atoms with E-state index in [4.69, 9.17) is 4.74 Å². The van der Waals surface area contributed by atoms with Crippen LogP contribution < -0.4 is 10.6 Å². The van der Waals surface area contributed by atoms with Crippen molar-refractivity contribution in [2.45, 2.75) is 19.6 Å². The number of carbonyl (C=O) groups is 3. The summed E-state index contributed by atoms with van der Waals surface area (Å²) >= 11 is 0. The topological polar surface area (TPSA) is 119 Å². The summed E-state index contributed by atoms with van der Waals surface area (Å²) in [6, 6.07) is 10.6. The molecule has 3 amide bonds. The Bertz CT molecular complexity index is 1050. The molecule has 0 heterocycles. The molecule has 9 heteroatoms. The monoisotopic (exact) mass is 418 g/mol. The lowest BCUT2D eigenvalue weighted by Gasteiger charge is -2.11. The first-order valence-electron chi connectivity index (χ1n) is 8.66. The Labute approximate surface area is 169 Å². The normalized spacial score (nSPS) is 10.9. The second-order valence-corrected chi connectivity index (χ2v) is 8.74. The summed E-state index contributed by atoms with van der Waals surface area (Å²) in [7, 11) is -3.25. The van der Waals surface area contributed by atoms with E-state index in [2.05, 4.69) is 10.6 Å². The van der Waals surface area contributed by atoms with Gasteiger partial charge >= 0.3 is 12.0 Å². The van der Waals surface area contributed by atoms with Crippen LogP contribution >= 0.6 is 0 Å².